The highest BCUT2D eigenvalue weighted by Gasteiger charge is 2.31. The lowest BCUT2D eigenvalue weighted by molar-refractivity contribution is -0.145. The Morgan fingerprint density at radius 3 is 1.85 bits per heavy atom. The summed E-state index contributed by atoms with van der Waals surface area (Å²) in [6.45, 7) is 1.16. The van der Waals surface area contributed by atoms with Crippen molar-refractivity contribution in [2.75, 3.05) is 6.54 Å². The lowest BCUT2D eigenvalue weighted by Crippen LogP contribution is -2.46. The minimum Gasteiger partial charge on any atom is -0.481 e. The molecule has 0 saturated carbocycles. The standard InChI is InChI=1S/C33H44N4O15/c1-18(30(46)47)35-29(45)21(14-19-6-3-2-4-7-19)16-25(39)24(17-28(43)44)36-26(40)12-9-20(31(48)49)15-22(38)10-11-23(32(50)51)37-33(52)34-13-5-8-27(41)42/h2-4,6-7,18,20-21,23-24H,5,8-17H2,1H3,(H,35,45)(H,36,40)(H,41,42)(H,43,44)(H,46,47)(H,48,49)(H,50,51)(H2,34,37,52)/t18-,20+,21+,23?,24-/m0/s1. The summed E-state index contributed by atoms with van der Waals surface area (Å²) >= 11 is 0. The summed E-state index contributed by atoms with van der Waals surface area (Å²) in [5.41, 5.74) is 0.622. The number of amides is 4. The average molecular weight is 737 g/mol. The number of ketones is 2. The summed E-state index contributed by atoms with van der Waals surface area (Å²) in [5.74, 6) is -12.6. The van der Waals surface area contributed by atoms with Gasteiger partial charge in [0, 0.05) is 44.6 Å². The number of urea groups is 1. The number of Topliss-reactive ketones (excluding diaryl/α,β-unsaturated/α-hetero) is 2. The van der Waals surface area contributed by atoms with Crippen molar-refractivity contribution in [2.45, 2.75) is 89.3 Å². The van der Waals surface area contributed by atoms with Gasteiger partial charge in [0.05, 0.1) is 18.4 Å². The lowest BCUT2D eigenvalue weighted by Gasteiger charge is -2.22. The third kappa shape index (κ3) is 18.2. The molecule has 0 bridgehead atoms. The molecule has 1 unspecified atom stereocenters. The number of carbonyl (C=O) groups is 10. The molecule has 0 aliphatic carbocycles. The van der Waals surface area contributed by atoms with Crippen LogP contribution in [0.1, 0.15) is 70.3 Å². The van der Waals surface area contributed by atoms with E-state index in [1.165, 1.54) is 6.92 Å². The maximum atomic E-state index is 13.3. The van der Waals surface area contributed by atoms with Gasteiger partial charge in [-0.25, -0.2) is 9.59 Å². The van der Waals surface area contributed by atoms with Crippen LogP contribution >= 0.6 is 0 Å². The van der Waals surface area contributed by atoms with Gasteiger partial charge in [0.15, 0.2) is 5.78 Å². The number of carbonyl (C=O) groups excluding carboxylic acids is 5. The molecule has 19 nitrogen and oxygen atoms in total. The molecule has 1 aromatic rings. The first-order chi connectivity index (χ1) is 24.4. The van der Waals surface area contributed by atoms with E-state index in [9.17, 15) is 68.4 Å². The minimum atomic E-state index is -1.63. The zero-order chi connectivity index (χ0) is 39.4. The van der Waals surface area contributed by atoms with Crippen molar-refractivity contribution in [3.63, 3.8) is 0 Å². The van der Waals surface area contributed by atoms with Gasteiger partial charge in [-0.15, -0.1) is 0 Å². The molecule has 9 N–H and O–H groups in total. The second-order valence-electron chi connectivity index (χ2n) is 12.0. The van der Waals surface area contributed by atoms with Crippen molar-refractivity contribution in [1.29, 1.82) is 0 Å². The summed E-state index contributed by atoms with van der Waals surface area (Å²) in [6, 6.07) is 3.04. The van der Waals surface area contributed by atoms with Crippen LogP contribution in [0.5, 0.6) is 0 Å². The SMILES string of the molecule is C[C@H](NC(=O)[C@@H](CC(=O)[C@H](CC(=O)O)NC(=O)CC[C@H](CC(=O)CCC(NC(=O)NCCCC(=O)O)C(=O)O)C(=O)O)Cc1ccccc1)C(=O)O. The van der Waals surface area contributed by atoms with E-state index in [1.807, 2.05) is 0 Å². The highest BCUT2D eigenvalue weighted by atomic mass is 16.4. The van der Waals surface area contributed by atoms with Crippen molar-refractivity contribution in [3.8, 4) is 0 Å². The topological polar surface area (TPSA) is 320 Å². The molecule has 1 rings (SSSR count). The van der Waals surface area contributed by atoms with E-state index in [1.54, 1.807) is 30.3 Å². The monoisotopic (exact) mass is 736 g/mol. The maximum Gasteiger partial charge on any atom is 0.326 e. The fraction of sp³-hybridized carbons (Fsp3) is 0.515. The van der Waals surface area contributed by atoms with Crippen LogP contribution in [-0.4, -0.2) is 109 Å². The first kappa shape index (κ1) is 44.1. The summed E-state index contributed by atoms with van der Waals surface area (Å²) < 4.78 is 0. The van der Waals surface area contributed by atoms with Crippen LogP contribution in [0.25, 0.3) is 0 Å². The van der Waals surface area contributed by atoms with Gasteiger partial charge in [0.25, 0.3) is 0 Å². The normalized spacial score (nSPS) is 13.6. The van der Waals surface area contributed by atoms with Gasteiger partial charge in [0.1, 0.15) is 17.9 Å². The van der Waals surface area contributed by atoms with Gasteiger partial charge < -0.3 is 46.8 Å². The Morgan fingerprint density at radius 2 is 1.29 bits per heavy atom. The molecule has 0 radical (unpaired) electrons. The third-order valence-electron chi connectivity index (χ3n) is 7.69. The molecule has 0 saturated heterocycles. The second kappa shape index (κ2) is 22.8. The number of carboxylic acids is 5. The Kier molecular flexibility index (Phi) is 19.3. The molecule has 52 heavy (non-hydrogen) atoms. The summed E-state index contributed by atoms with van der Waals surface area (Å²) in [5, 5.41) is 55.1. The van der Waals surface area contributed by atoms with Gasteiger partial charge in [-0.1, -0.05) is 30.3 Å². The molecule has 0 aromatic heterocycles. The lowest BCUT2D eigenvalue weighted by atomic mass is 9.90. The number of rotatable bonds is 26. The number of hydrogen-bond donors (Lipinski definition) is 9. The molecule has 0 spiro atoms. The van der Waals surface area contributed by atoms with Gasteiger partial charge in [-0.2, -0.15) is 0 Å². The Bertz CT molecular complexity index is 1470. The van der Waals surface area contributed by atoms with Crippen LogP contribution in [0, 0.1) is 11.8 Å². The number of carboxylic acid groups (broad SMARTS) is 5. The Balaban J connectivity index is 2.85. The van der Waals surface area contributed by atoms with Crippen LogP contribution in [-0.2, 0) is 49.6 Å². The Morgan fingerprint density at radius 1 is 0.635 bits per heavy atom. The van der Waals surface area contributed by atoms with Crippen LogP contribution in [0.2, 0.25) is 0 Å². The predicted molar refractivity (Wildman–Crippen MR) is 177 cm³/mol. The predicted octanol–water partition coefficient (Wildman–Crippen LogP) is 0.191. The quantitative estimate of drug-likeness (QED) is 0.0573. The van der Waals surface area contributed by atoms with Crippen LogP contribution in [0.15, 0.2) is 30.3 Å². The first-order valence-electron chi connectivity index (χ1n) is 16.2. The molecular formula is C33H44N4O15. The number of hydrogen-bond acceptors (Lipinski definition) is 10. The van der Waals surface area contributed by atoms with Gasteiger partial charge in [-0.05, 0) is 38.2 Å². The van der Waals surface area contributed by atoms with E-state index in [0.29, 0.717) is 5.56 Å². The Labute approximate surface area is 297 Å². The maximum absolute atomic E-state index is 13.3. The van der Waals surface area contributed by atoms with Crippen molar-refractivity contribution >= 4 is 59.3 Å². The summed E-state index contributed by atoms with van der Waals surface area (Å²) in [7, 11) is 0. The van der Waals surface area contributed by atoms with Gasteiger partial charge in [0.2, 0.25) is 11.8 Å². The van der Waals surface area contributed by atoms with Gasteiger partial charge in [-0.3, -0.25) is 38.4 Å². The molecule has 5 atom stereocenters. The zero-order valence-corrected chi connectivity index (χ0v) is 28.4. The van der Waals surface area contributed by atoms with Gasteiger partial charge >= 0.3 is 35.9 Å². The third-order valence-corrected chi connectivity index (χ3v) is 7.69. The van der Waals surface area contributed by atoms with Crippen LogP contribution in [0.3, 0.4) is 0 Å². The summed E-state index contributed by atoms with van der Waals surface area (Å²) in [6.07, 6.45) is -4.05. The van der Waals surface area contributed by atoms with E-state index < -0.39 is 134 Å². The first-order valence-corrected chi connectivity index (χ1v) is 16.2. The van der Waals surface area contributed by atoms with E-state index in [-0.39, 0.29) is 25.8 Å². The average Bonchev–Trinajstić information content (AvgIpc) is 3.05. The Hall–Kier alpha value is -5.88. The molecule has 0 aliphatic heterocycles. The van der Waals surface area contributed by atoms with Crippen molar-refractivity contribution < 1.29 is 73.5 Å². The van der Waals surface area contributed by atoms with E-state index >= 15 is 0 Å². The van der Waals surface area contributed by atoms with Crippen molar-refractivity contribution in [1.82, 2.24) is 21.3 Å². The highest BCUT2D eigenvalue weighted by molar-refractivity contribution is 5.95. The molecule has 4 amide bonds. The smallest absolute Gasteiger partial charge is 0.326 e. The number of benzene rings is 1. The molecule has 1 aromatic carbocycles. The molecule has 0 aliphatic rings. The highest BCUT2D eigenvalue weighted by Crippen LogP contribution is 2.18. The number of aliphatic carboxylic acids is 5. The molecule has 0 fully saturated rings. The van der Waals surface area contributed by atoms with Crippen LogP contribution < -0.4 is 21.3 Å². The molecule has 19 heteroatoms. The van der Waals surface area contributed by atoms with E-state index in [2.05, 4.69) is 21.3 Å². The minimum absolute atomic E-state index is 0.0160. The fourth-order valence-corrected chi connectivity index (χ4v) is 4.83. The molecule has 0 heterocycles. The second-order valence-corrected chi connectivity index (χ2v) is 12.0. The molecule has 286 valence electrons. The fourth-order valence-electron chi connectivity index (χ4n) is 4.83. The van der Waals surface area contributed by atoms with Crippen molar-refractivity contribution in [3.05, 3.63) is 35.9 Å². The largest absolute Gasteiger partial charge is 0.481 e. The molecular weight excluding hydrogens is 692 g/mol. The summed E-state index contributed by atoms with van der Waals surface area (Å²) in [4.78, 5) is 120. The van der Waals surface area contributed by atoms with E-state index in [4.69, 9.17) is 5.11 Å². The van der Waals surface area contributed by atoms with Crippen molar-refractivity contribution in [2.24, 2.45) is 11.8 Å². The number of nitrogens with one attached hydrogen (secondary N) is 4. The van der Waals surface area contributed by atoms with Crippen LogP contribution in [0.4, 0.5) is 4.79 Å². The zero-order valence-electron chi connectivity index (χ0n) is 28.4. The van der Waals surface area contributed by atoms with E-state index in [0.717, 1.165) is 0 Å².